The highest BCUT2D eigenvalue weighted by molar-refractivity contribution is 7.88. The van der Waals surface area contributed by atoms with Crippen molar-refractivity contribution < 1.29 is 8.42 Å². The van der Waals surface area contributed by atoms with Crippen LogP contribution in [0.5, 0.6) is 0 Å². The van der Waals surface area contributed by atoms with Gasteiger partial charge in [0, 0.05) is 13.1 Å². The van der Waals surface area contributed by atoms with Gasteiger partial charge in [0.1, 0.15) is 0 Å². The Morgan fingerprint density at radius 2 is 1.85 bits per heavy atom. The molecule has 4 rings (SSSR count). The minimum absolute atomic E-state index is 0.255. The molecule has 5 nitrogen and oxygen atoms in total. The average molecular weight is 388 g/mol. The molecule has 3 aliphatic rings. The van der Waals surface area contributed by atoms with Crippen LogP contribution in [-0.2, 0) is 10.0 Å². The van der Waals surface area contributed by atoms with Gasteiger partial charge in [0.2, 0.25) is 10.0 Å². The van der Waals surface area contributed by atoms with Crippen molar-refractivity contribution in [1.29, 1.82) is 5.26 Å². The molecular weight excluding hydrogens is 358 g/mol. The first-order valence-electron chi connectivity index (χ1n) is 10.0. The highest BCUT2D eigenvalue weighted by Crippen LogP contribution is 2.52. The fraction of sp³-hybridized carbons (Fsp3) is 0.667. The van der Waals surface area contributed by atoms with Crippen molar-refractivity contribution >= 4 is 10.0 Å². The largest absolute Gasteiger partial charge is 0.294 e. The molecule has 2 heterocycles. The Labute approximate surface area is 163 Å². The maximum Gasteiger partial charge on any atom is 0.211 e. The van der Waals surface area contributed by atoms with E-state index in [4.69, 9.17) is 0 Å². The van der Waals surface area contributed by atoms with Crippen LogP contribution in [0.3, 0.4) is 0 Å². The topological polar surface area (TPSA) is 64.4 Å². The van der Waals surface area contributed by atoms with Crippen LogP contribution in [0.15, 0.2) is 30.3 Å². The normalized spacial score (nSPS) is 29.0. The molecule has 27 heavy (non-hydrogen) atoms. The Morgan fingerprint density at radius 3 is 2.44 bits per heavy atom. The van der Waals surface area contributed by atoms with E-state index in [9.17, 15) is 13.7 Å². The van der Waals surface area contributed by atoms with Crippen molar-refractivity contribution in [3.63, 3.8) is 0 Å². The number of rotatable bonds is 6. The third kappa shape index (κ3) is 3.91. The number of benzene rings is 1. The Bertz CT molecular complexity index is 804. The van der Waals surface area contributed by atoms with Crippen molar-refractivity contribution in [1.82, 2.24) is 9.21 Å². The van der Waals surface area contributed by atoms with Gasteiger partial charge in [-0.2, -0.15) is 9.57 Å². The lowest BCUT2D eigenvalue weighted by Crippen LogP contribution is -2.71. The Hall–Kier alpha value is -1.42. The molecule has 1 unspecified atom stereocenters. The van der Waals surface area contributed by atoms with Gasteiger partial charge in [0.05, 0.1) is 24.3 Å². The molecule has 3 fully saturated rings. The monoisotopic (exact) mass is 387 g/mol. The first kappa shape index (κ1) is 18.9. The Kier molecular flexibility index (Phi) is 5.04. The first-order valence-corrected chi connectivity index (χ1v) is 11.9. The van der Waals surface area contributed by atoms with E-state index in [1.165, 1.54) is 41.8 Å². The zero-order valence-corrected chi connectivity index (χ0v) is 16.9. The first-order chi connectivity index (χ1) is 12.9. The summed E-state index contributed by atoms with van der Waals surface area (Å²) < 4.78 is 25.0. The van der Waals surface area contributed by atoms with E-state index < -0.39 is 10.0 Å². The SMILES string of the molecule is CS(=O)(=O)N1CC(CC#N)(N2CCC(C[C@@H]3CC3c3ccccc3)CC2)C1. The smallest absolute Gasteiger partial charge is 0.211 e. The maximum atomic E-state index is 11.7. The zero-order chi connectivity index (χ0) is 19.1. The van der Waals surface area contributed by atoms with Crippen LogP contribution in [0, 0.1) is 23.2 Å². The van der Waals surface area contributed by atoms with Crippen molar-refractivity contribution in [2.45, 2.75) is 43.6 Å². The van der Waals surface area contributed by atoms with E-state index >= 15 is 0 Å². The van der Waals surface area contributed by atoms with Gasteiger partial charge in [0.25, 0.3) is 0 Å². The highest BCUT2D eigenvalue weighted by Gasteiger charge is 2.51. The fourth-order valence-electron chi connectivity index (χ4n) is 5.10. The van der Waals surface area contributed by atoms with E-state index in [1.54, 1.807) is 0 Å². The summed E-state index contributed by atoms with van der Waals surface area (Å²) >= 11 is 0. The summed E-state index contributed by atoms with van der Waals surface area (Å²) in [4.78, 5) is 2.40. The van der Waals surface area contributed by atoms with Gasteiger partial charge in [-0.05, 0) is 62.1 Å². The van der Waals surface area contributed by atoms with Gasteiger partial charge in [0.15, 0.2) is 0 Å². The highest BCUT2D eigenvalue weighted by atomic mass is 32.2. The molecule has 0 spiro atoms. The van der Waals surface area contributed by atoms with E-state index in [-0.39, 0.29) is 5.54 Å². The average Bonchev–Trinajstić information content (AvgIpc) is 3.37. The third-order valence-corrected chi connectivity index (χ3v) is 8.09. The predicted molar refractivity (Wildman–Crippen MR) is 106 cm³/mol. The van der Waals surface area contributed by atoms with Gasteiger partial charge >= 0.3 is 0 Å². The van der Waals surface area contributed by atoms with Crippen LogP contribution in [0.2, 0.25) is 0 Å². The molecule has 1 saturated carbocycles. The number of piperidine rings is 1. The second-order valence-electron chi connectivity index (χ2n) is 8.77. The molecule has 6 heteroatoms. The minimum Gasteiger partial charge on any atom is -0.294 e. The maximum absolute atomic E-state index is 11.7. The molecule has 1 aliphatic carbocycles. The van der Waals surface area contributed by atoms with E-state index in [0.717, 1.165) is 30.8 Å². The number of hydrogen-bond acceptors (Lipinski definition) is 4. The van der Waals surface area contributed by atoms with Crippen LogP contribution >= 0.6 is 0 Å². The van der Waals surface area contributed by atoms with Gasteiger partial charge in [-0.25, -0.2) is 8.42 Å². The molecule has 0 radical (unpaired) electrons. The fourth-order valence-corrected chi connectivity index (χ4v) is 6.05. The quantitative estimate of drug-likeness (QED) is 0.753. The summed E-state index contributed by atoms with van der Waals surface area (Å²) in [7, 11) is -3.15. The molecule has 146 valence electrons. The van der Waals surface area contributed by atoms with Crippen LogP contribution in [0.4, 0.5) is 0 Å². The lowest BCUT2D eigenvalue weighted by Gasteiger charge is -2.55. The van der Waals surface area contributed by atoms with Crippen molar-refractivity contribution in [3.8, 4) is 6.07 Å². The Balaban J connectivity index is 1.28. The van der Waals surface area contributed by atoms with Gasteiger partial charge in [-0.3, -0.25) is 4.90 Å². The van der Waals surface area contributed by atoms with Crippen molar-refractivity contribution in [2.75, 3.05) is 32.4 Å². The summed E-state index contributed by atoms with van der Waals surface area (Å²) in [5.41, 5.74) is 1.23. The van der Waals surface area contributed by atoms with Crippen LogP contribution < -0.4 is 0 Å². The molecule has 1 aromatic carbocycles. The summed E-state index contributed by atoms with van der Waals surface area (Å²) in [6.07, 6.45) is 6.66. The predicted octanol–water partition coefficient (Wildman–Crippen LogP) is 2.82. The molecular formula is C21H29N3O2S. The number of nitrogens with zero attached hydrogens (tertiary/aromatic N) is 3. The lowest BCUT2D eigenvalue weighted by atomic mass is 9.82. The van der Waals surface area contributed by atoms with Gasteiger partial charge in [-0.1, -0.05) is 30.3 Å². The molecule has 2 saturated heterocycles. The standard InChI is InChI=1S/C21H29N3O2S/c1-27(25,26)24-15-21(16-24,9-10-22)23-11-7-17(8-12-23)13-19-14-20(19)18-5-3-2-4-6-18/h2-6,17,19-20H,7-9,11-16H2,1H3/t19-,20?/m1/s1. The number of hydrogen-bond donors (Lipinski definition) is 0. The summed E-state index contributed by atoms with van der Waals surface area (Å²) in [5, 5.41) is 9.26. The number of nitriles is 1. The summed E-state index contributed by atoms with van der Waals surface area (Å²) in [6, 6.07) is 13.2. The number of sulfonamides is 1. The molecule has 2 atom stereocenters. The molecule has 0 N–H and O–H groups in total. The number of likely N-dealkylation sites (tertiary alicyclic amines) is 1. The summed E-state index contributed by atoms with van der Waals surface area (Å²) in [6.45, 7) is 2.94. The second-order valence-corrected chi connectivity index (χ2v) is 10.8. The second kappa shape index (κ2) is 7.20. The molecule has 0 amide bonds. The minimum atomic E-state index is -3.15. The van der Waals surface area contributed by atoms with E-state index in [1.807, 2.05) is 0 Å². The van der Waals surface area contributed by atoms with Gasteiger partial charge in [-0.15, -0.1) is 0 Å². The van der Waals surface area contributed by atoms with Crippen LogP contribution in [0.25, 0.3) is 0 Å². The molecule has 2 aliphatic heterocycles. The molecule has 0 aromatic heterocycles. The lowest BCUT2D eigenvalue weighted by molar-refractivity contribution is -0.0299. The van der Waals surface area contributed by atoms with E-state index in [2.05, 4.69) is 41.3 Å². The molecule has 0 bridgehead atoms. The van der Waals surface area contributed by atoms with Crippen molar-refractivity contribution in [2.24, 2.45) is 11.8 Å². The zero-order valence-electron chi connectivity index (χ0n) is 16.0. The Morgan fingerprint density at radius 1 is 1.19 bits per heavy atom. The van der Waals surface area contributed by atoms with Crippen molar-refractivity contribution in [3.05, 3.63) is 35.9 Å². The molecule has 1 aromatic rings. The van der Waals surface area contributed by atoms with Crippen LogP contribution in [0.1, 0.15) is 43.6 Å². The third-order valence-electron chi connectivity index (χ3n) is 6.89. The summed E-state index contributed by atoms with van der Waals surface area (Å²) in [5.74, 6) is 2.36. The van der Waals surface area contributed by atoms with Crippen LogP contribution in [-0.4, -0.2) is 55.6 Å². The van der Waals surface area contributed by atoms with E-state index in [0.29, 0.717) is 19.5 Å². The van der Waals surface area contributed by atoms with Gasteiger partial charge < -0.3 is 0 Å².